The highest BCUT2D eigenvalue weighted by molar-refractivity contribution is 6.33. The number of nitrogens with two attached hydrogens (primary N) is 1. The average molecular weight is 320 g/mol. The van der Waals surface area contributed by atoms with Gasteiger partial charge in [0.1, 0.15) is 0 Å². The number of tetrazole rings is 1. The Morgan fingerprint density at radius 3 is 2.76 bits per heavy atom. The van der Waals surface area contributed by atoms with Gasteiger partial charge in [0.05, 0.1) is 16.4 Å². The maximum atomic E-state index is 6.06. The highest BCUT2D eigenvalue weighted by Crippen LogP contribution is 2.31. The molecule has 5 nitrogen and oxygen atoms in total. The highest BCUT2D eigenvalue weighted by atomic mass is 35.5. The van der Waals surface area contributed by atoms with Crippen LogP contribution >= 0.6 is 23.2 Å². The van der Waals surface area contributed by atoms with Gasteiger partial charge in [-0.15, -0.1) is 5.10 Å². The summed E-state index contributed by atoms with van der Waals surface area (Å²) < 4.78 is 1.60. The minimum absolute atomic E-state index is 0.440. The normalized spacial score (nSPS) is 10.8. The van der Waals surface area contributed by atoms with Crippen LogP contribution in [0.4, 0.5) is 5.69 Å². The summed E-state index contributed by atoms with van der Waals surface area (Å²) in [6.45, 7) is 1.96. The van der Waals surface area contributed by atoms with Crippen LogP contribution in [-0.4, -0.2) is 20.2 Å². The third kappa shape index (κ3) is 2.46. The predicted molar refractivity (Wildman–Crippen MR) is 83.8 cm³/mol. The van der Waals surface area contributed by atoms with Gasteiger partial charge < -0.3 is 5.73 Å². The van der Waals surface area contributed by atoms with Gasteiger partial charge in [-0.05, 0) is 47.2 Å². The van der Waals surface area contributed by atoms with E-state index in [0.717, 1.165) is 11.3 Å². The molecule has 0 spiro atoms. The van der Waals surface area contributed by atoms with Crippen LogP contribution in [0.5, 0.6) is 0 Å². The Labute approximate surface area is 131 Å². The van der Waals surface area contributed by atoms with E-state index in [9.17, 15) is 0 Å². The van der Waals surface area contributed by atoms with Gasteiger partial charge >= 0.3 is 0 Å². The topological polar surface area (TPSA) is 69.6 Å². The molecular weight excluding hydrogens is 309 g/mol. The second kappa shape index (κ2) is 5.35. The third-order valence-corrected chi connectivity index (χ3v) is 3.73. The van der Waals surface area contributed by atoms with Gasteiger partial charge in [0, 0.05) is 10.6 Å². The van der Waals surface area contributed by atoms with Crippen molar-refractivity contribution in [1.29, 1.82) is 0 Å². The molecule has 0 saturated heterocycles. The molecule has 2 N–H and O–H groups in total. The summed E-state index contributed by atoms with van der Waals surface area (Å²) in [6, 6.07) is 10.9. The van der Waals surface area contributed by atoms with E-state index in [2.05, 4.69) is 15.5 Å². The minimum atomic E-state index is 0.440. The van der Waals surface area contributed by atoms with E-state index in [4.69, 9.17) is 28.9 Å². The molecule has 0 aliphatic heterocycles. The first-order valence-electron chi connectivity index (χ1n) is 6.17. The molecule has 0 unspecified atom stereocenters. The van der Waals surface area contributed by atoms with Crippen molar-refractivity contribution in [2.24, 2.45) is 0 Å². The number of hydrogen-bond donors (Lipinski definition) is 1. The number of para-hydroxylation sites is 1. The van der Waals surface area contributed by atoms with E-state index in [-0.39, 0.29) is 0 Å². The summed E-state index contributed by atoms with van der Waals surface area (Å²) in [4.78, 5) is 0. The monoisotopic (exact) mass is 319 g/mol. The summed E-state index contributed by atoms with van der Waals surface area (Å²) >= 11 is 12.1. The lowest BCUT2D eigenvalue weighted by Crippen LogP contribution is -2.03. The van der Waals surface area contributed by atoms with Gasteiger partial charge in [-0.3, -0.25) is 0 Å². The smallest absolute Gasteiger partial charge is 0.189 e. The first-order valence-corrected chi connectivity index (χ1v) is 6.93. The van der Waals surface area contributed by atoms with Crippen molar-refractivity contribution in [1.82, 2.24) is 20.2 Å². The Hall–Kier alpha value is -2.11. The van der Waals surface area contributed by atoms with Crippen molar-refractivity contribution in [2.75, 3.05) is 5.73 Å². The number of anilines is 1. The van der Waals surface area contributed by atoms with Gasteiger partial charge in [0.15, 0.2) is 5.82 Å². The predicted octanol–water partition coefficient (Wildman–Crippen LogP) is 3.53. The first-order chi connectivity index (χ1) is 10.1. The zero-order valence-corrected chi connectivity index (χ0v) is 12.6. The molecule has 1 aromatic heterocycles. The molecule has 0 fully saturated rings. The molecule has 3 aromatic rings. The molecule has 7 heteroatoms. The van der Waals surface area contributed by atoms with E-state index >= 15 is 0 Å². The van der Waals surface area contributed by atoms with Crippen LogP contribution in [0, 0.1) is 6.92 Å². The standard InChI is InChI=1S/C14H11Cl2N5/c1-8-5-6-9(15)7-12(8)21-14(18-19-20-21)10-3-2-4-11(16)13(10)17/h2-7H,17H2,1H3. The van der Waals surface area contributed by atoms with Crippen molar-refractivity contribution in [2.45, 2.75) is 6.92 Å². The summed E-state index contributed by atoms with van der Waals surface area (Å²) in [6.07, 6.45) is 0. The molecule has 0 radical (unpaired) electrons. The number of aryl methyl sites for hydroxylation is 1. The quantitative estimate of drug-likeness (QED) is 0.733. The number of hydrogen-bond acceptors (Lipinski definition) is 4. The molecule has 0 amide bonds. The number of nitrogens with zero attached hydrogens (tertiary/aromatic N) is 4. The highest BCUT2D eigenvalue weighted by Gasteiger charge is 2.16. The van der Waals surface area contributed by atoms with E-state index in [1.54, 1.807) is 22.9 Å². The van der Waals surface area contributed by atoms with Crippen LogP contribution in [-0.2, 0) is 0 Å². The molecule has 21 heavy (non-hydrogen) atoms. The molecule has 0 atom stereocenters. The van der Waals surface area contributed by atoms with E-state index < -0.39 is 0 Å². The number of rotatable bonds is 2. The summed E-state index contributed by atoms with van der Waals surface area (Å²) in [5.74, 6) is 0.514. The molecule has 0 bridgehead atoms. The molecule has 0 aliphatic rings. The van der Waals surface area contributed by atoms with E-state index in [1.165, 1.54) is 0 Å². The number of aromatic nitrogens is 4. The molecule has 0 saturated carbocycles. The van der Waals surface area contributed by atoms with E-state index in [0.29, 0.717) is 27.1 Å². The molecule has 0 aliphatic carbocycles. The Morgan fingerprint density at radius 1 is 1.14 bits per heavy atom. The van der Waals surface area contributed by atoms with Crippen molar-refractivity contribution in [3.63, 3.8) is 0 Å². The fourth-order valence-electron chi connectivity index (χ4n) is 2.06. The summed E-state index contributed by atoms with van der Waals surface area (Å²) in [5.41, 5.74) is 8.92. The largest absolute Gasteiger partial charge is 0.397 e. The maximum Gasteiger partial charge on any atom is 0.189 e. The molecule has 3 rings (SSSR count). The first kappa shape index (κ1) is 13.9. The number of nitrogen functional groups attached to an aromatic ring is 1. The van der Waals surface area contributed by atoms with Gasteiger partial charge in [-0.1, -0.05) is 35.3 Å². The lowest BCUT2D eigenvalue weighted by molar-refractivity contribution is 0.787. The molecule has 2 aromatic carbocycles. The van der Waals surface area contributed by atoms with Gasteiger partial charge in [-0.25, -0.2) is 0 Å². The Bertz CT molecular complexity index is 796. The molecular formula is C14H11Cl2N5. The average Bonchev–Trinajstić information content (AvgIpc) is 2.93. The van der Waals surface area contributed by atoms with Gasteiger partial charge in [0.25, 0.3) is 0 Å². The SMILES string of the molecule is Cc1ccc(Cl)cc1-n1nnnc1-c1cccc(Cl)c1N. The zero-order valence-electron chi connectivity index (χ0n) is 11.1. The number of benzene rings is 2. The number of halogens is 2. The second-order valence-corrected chi connectivity index (χ2v) is 5.39. The Morgan fingerprint density at radius 2 is 1.95 bits per heavy atom. The van der Waals surface area contributed by atoms with Crippen molar-refractivity contribution in [3.8, 4) is 17.1 Å². The van der Waals surface area contributed by atoms with Crippen molar-refractivity contribution in [3.05, 3.63) is 52.0 Å². The second-order valence-electron chi connectivity index (χ2n) is 4.55. The van der Waals surface area contributed by atoms with Crippen LogP contribution in [0.25, 0.3) is 17.1 Å². The molecule has 1 heterocycles. The van der Waals surface area contributed by atoms with Crippen molar-refractivity contribution < 1.29 is 0 Å². The lowest BCUT2D eigenvalue weighted by atomic mass is 10.1. The Balaban J connectivity index is 2.22. The van der Waals surface area contributed by atoms with Crippen LogP contribution in [0.3, 0.4) is 0 Å². The molecule has 106 valence electrons. The van der Waals surface area contributed by atoms with Gasteiger partial charge in [-0.2, -0.15) is 4.68 Å². The van der Waals surface area contributed by atoms with Crippen LogP contribution < -0.4 is 5.73 Å². The van der Waals surface area contributed by atoms with Crippen LogP contribution in [0.2, 0.25) is 10.0 Å². The van der Waals surface area contributed by atoms with E-state index in [1.807, 2.05) is 25.1 Å². The van der Waals surface area contributed by atoms with Crippen molar-refractivity contribution >= 4 is 28.9 Å². The minimum Gasteiger partial charge on any atom is -0.397 e. The zero-order chi connectivity index (χ0) is 15.0. The van der Waals surface area contributed by atoms with Gasteiger partial charge in [0.2, 0.25) is 0 Å². The summed E-state index contributed by atoms with van der Waals surface area (Å²) in [5, 5.41) is 12.9. The lowest BCUT2D eigenvalue weighted by Gasteiger charge is -2.10. The summed E-state index contributed by atoms with van der Waals surface area (Å²) in [7, 11) is 0. The Kier molecular flexibility index (Phi) is 3.53. The van der Waals surface area contributed by atoms with Crippen LogP contribution in [0.1, 0.15) is 5.56 Å². The fraction of sp³-hybridized carbons (Fsp3) is 0.0714. The third-order valence-electron chi connectivity index (χ3n) is 3.16. The van der Waals surface area contributed by atoms with Crippen LogP contribution in [0.15, 0.2) is 36.4 Å². The fourth-order valence-corrected chi connectivity index (χ4v) is 2.40. The maximum absolute atomic E-state index is 6.06.